The molecule has 0 aliphatic carbocycles. The number of amides is 1. The summed E-state index contributed by atoms with van der Waals surface area (Å²) in [5.74, 6) is -0.262. The van der Waals surface area contributed by atoms with Crippen molar-refractivity contribution in [3.05, 3.63) is 87.4 Å². The number of hydrogen-bond donors (Lipinski definition) is 1. The molecule has 0 spiro atoms. The van der Waals surface area contributed by atoms with Crippen LogP contribution in [0.15, 0.2) is 65.6 Å². The van der Waals surface area contributed by atoms with E-state index in [-0.39, 0.29) is 10.8 Å². The molecular weight excluding hydrogens is 443 g/mol. The predicted molar refractivity (Wildman–Crippen MR) is 120 cm³/mol. The number of nitrogens with one attached hydrogen (secondary N) is 1. The maximum Gasteiger partial charge on any atom is 0.264 e. The maximum atomic E-state index is 13.0. The zero-order valence-corrected chi connectivity index (χ0v) is 18.4. The Bertz CT molecular complexity index is 1240. The highest BCUT2D eigenvalue weighted by molar-refractivity contribution is 7.92. The molecule has 3 aromatic rings. The van der Waals surface area contributed by atoms with E-state index in [0.717, 1.165) is 11.1 Å². The number of sulfonamides is 1. The van der Waals surface area contributed by atoms with Crippen LogP contribution >= 0.6 is 23.2 Å². The Hall–Kier alpha value is -2.54. The number of halogens is 2. The summed E-state index contributed by atoms with van der Waals surface area (Å²) in [5.41, 5.74) is 3.40. The fourth-order valence-corrected chi connectivity index (χ4v) is 5.31. The Morgan fingerprint density at radius 3 is 2.37 bits per heavy atom. The second-order valence-corrected chi connectivity index (χ2v) is 9.77. The first-order valence-corrected chi connectivity index (χ1v) is 11.4. The second-order valence-electron chi connectivity index (χ2n) is 7.04. The van der Waals surface area contributed by atoms with E-state index in [1.165, 1.54) is 16.4 Å². The average molecular weight is 461 g/mol. The van der Waals surface area contributed by atoms with Gasteiger partial charge in [0, 0.05) is 27.8 Å². The third kappa shape index (κ3) is 3.90. The molecule has 1 N–H and O–H groups in total. The Morgan fingerprint density at radius 1 is 0.967 bits per heavy atom. The first-order valence-electron chi connectivity index (χ1n) is 9.24. The van der Waals surface area contributed by atoms with Gasteiger partial charge >= 0.3 is 0 Å². The van der Waals surface area contributed by atoms with Crippen molar-refractivity contribution in [3.8, 4) is 0 Å². The van der Waals surface area contributed by atoms with Crippen LogP contribution < -0.4 is 9.62 Å². The zero-order valence-electron chi connectivity index (χ0n) is 16.0. The third-order valence-electron chi connectivity index (χ3n) is 5.03. The van der Waals surface area contributed by atoms with E-state index in [4.69, 9.17) is 23.2 Å². The topological polar surface area (TPSA) is 66.5 Å². The molecule has 3 aromatic carbocycles. The third-order valence-corrected chi connectivity index (χ3v) is 7.35. The van der Waals surface area contributed by atoms with Crippen LogP contribution in [0.5, 0.6) is 0 Å². The molecule has 0 saturated heterocycles. The van der Waals surface area contributed by atoms with E-state index in [9.17, 15) is 13.2 Å². The quantitative estimate of drug-likeness (QED) is 0.573. The number of carbonyl (C=O) groups excluding carboxylic acids is 1. The van der Waals surface area contributed by atoms with Crippen molar-refractivity contribution in [1.29, 1.82) is 0 Å². The minimum absolute atomic E-state index is 0.180. The summed E-state index contributed by atoms with van der Waals surface area (Å²) in [7, 11) is -3.70. The van der Waals surface area contributed by atoms with Gasteiger partial charge in [-0.2, -0.15) is 0 Å². The molecule has 5 nitrogen and oxygen atoms in total. The van der Waals surface area contributed by atoms with Gasteiger partial charge in [0.1, 0.15) is 0 Å². The lowest BCUT2D eigenvalue weighted by atomic mass is 10.1. The van der Waals surface area contributed by atoms with Crippen molar-refractivity contribution >= 4 is 50.5 Å². The van der Waals surface area contributed by atoms with Crippen LogP contribution in [0, 0.1) is 6.92 Å². The van der Waals surface area contributed by atoms with Crippen LogP contribution in [0.3, 0.4) is 0 Å². The van der Waals surface area contributed by atoms with E-state index in [2.05, 4.69) is 5.32 Å². The van der Waals surface area contributed by atoms with Crippen molar-refractivity contribution < 1.29 is 13.2 Å². The van der Waals surface area contributed by atoms with E-state index in [0.29, 0.717) is 39.9 Å². The number of benzene rings is 3. The highest BCUT2D eigenvalue weighted by Crippen LogP contribution is 2.34. The molecule has 0 fully saturated rings. The highest BCUT2D eigenvalue weighted by Gasteiger charge is 2.31. The SMILES string of the molecule is Cc1cc(Cl)ccc1NC(=O)c1ccc2c(c1)CCN2S(=O)(=O)c1ccc(Cl)cc1. The average Bonchev–Trinajstić information content (AvgIpc) is 3.14. The van der Waals surface area contributed by atoms with Crippen LogP contribution in [-0.4, -0.2) is 20.9 Å². The molecule has 0 unspecified atom stereocenters. The van der Waals surface area contributed by atoms with E-state index in [1.54, 1.807) is 48.5 Å². The Kier molecular flexibility index (Phi) is 5.49. The molecule has 1 aliphatic heterocycles. The molecule has 0 atom stereocenters. The van der Waals surface area contributed by atoms with E-state index >= 15 is 0 Å². The van der Waals surface area contributed by atoms with Crippen LogP contribution in [0.4, 0.5) is 11.4 Å². The smallest absolute Gasteiger partial charge is 0.264 e. The van der Waals surface area contributed by atoms with Crippen LogP contribution in [0.1, 0.15) is 21.5 Å². The Balaban J connectivity index is 1.59. The Morgan fingerprint density at radius 2 is 1.67 bits per heavy atom. The van der Waals surface area contributed by atoms with Gasteiger partial charge in [-0.3, -0.25) is 9.10 Å². The minimum Gasteiger partial charge on any atom is -0.322 e. The number of fused-ring (bicyclic) bond motifs is 1. The standard InChI is InChI=1S/C22H18Cl2N2O3S/c1-14-12-18(24)5-8-20(14)25-22(27)16-2-9-21-15(13-16)10-11-26(21)30(28,29)19-6-3-17(23)4-7-19/h2-9,12-13H,10-11H2,1H3,(H,25,27). The first-order chi connectivity index (χ1) is 14.3. The molecule has 0 aromatic heterocycles. The van der Waals surface area contributed by atoms with Gasteiger partial charge in [-0.1, -0.05) is 23.2 Å². The molecule has 0 saturated carbocycles. The summed E-state index contributed by atoms with van der Waals surface area (Å²) in [6.07, 6.45) is 0.531. The van der Waals surface area contributed by atoms with E-state index < -0.39 is 10.0 Å². The molecule has 30 heavy (non-hydrogen) atoms. The molecule has 1 heterocycles. The molecule has 1 amide bonds. The normalized spacial score (nSPS) is 13.2. The highest BCUT2D eigenvalue weighted by atomic mass is 35.5. The summed E-state index contributed by atoms with van der Waals surface area (Å²) < 4.78 is 27.4. The molecule has 8 heteroatoms. The maximum absolute atomic E-state index is 13.0. The molecule has 154 valence electrons. The largest absolute Gasteiger partial charge is 0.322 e. The van der Waals surface area contributed by atoms with Crippen molar-refractivity contribution in [3.63, 3.8) is 0 Å². The summed E-state index contributed by atoms with van der Waals surface area (Å²) in [4.78, 5) is 12.9. The Labute approximate surface area is 185 Å². The summed E-state index contributed by atoms with van der Waals surface area (Å²) in [5, 5.41) is 3.95. The van der Waals surface area contributed by atoms with Crippen molar-refractivity contribution in [1.82, 2.24) is 0 Å². The van der Waals surface area contributed by atoms with Gasteiger partial charge in [0.25, 0.3) is 15.9 Å². The number of aryl methyl sites for hydroxylation is 1. The second kappa shape index (κ2) is 7.95. The molecule has 0 bridgehead atoms. The molecule has 4 rings (SSSR count). The lowest BCUT2D eigenvalue weighted by Crippen LogP contribution is -2.29. The number of hydrogen-bond acceptors (Lipinski definition) is 3. The van der Waals surface area contributed by atoms with Crippen LogP contribution in [0.25, 0.3) is 0 Å². The predicted octanol–water partition coefficient (Wildman–Crippen LogP) is 5.31. The molecule has 1 aliphatic rings. The fourth-order valence-electron chi connectivity index (χ4n) is 3.46. The molecule has 0 radical (unpaired) electrons. The lowest BCUT2D eigenvalue weighted by molar-refractivity contribution is 0.102. The van der Waals surface area contributed by atoms with Gasteiger partial charge in [0.2, 0.25) is 0 Å². The molecular formula is C22H18Cl2N2O3S. The lowest BCUT2D eigenvalue weighted by Gasteiger charge is -2.20. The van der Waals surface area contributed by atoms with Crippen molar-refractivity contribution in [2.24, 2.45) is 0 Å². The summed E-state index contributed by atoms with van der Waals surface area (Å²) in [6.45, 7) is 2.19. The van der Waals surface area contributed by atoms with Crippen LogP contribution in [-0.2, 0) is 16.4 Å². The zero-order chi connectivity index (χ0) is 21.5. The van der Waals surface area contributed by atoms with Gasteiger partial charge < -0.3 is 5.32 Å². The van der Waals surface area contributed by atoms with Crippen molar-refractivity contribution in [2.75, 3.05) is 16.2 Å². The number of rotatable bonds is 4. The van der Waals surface area contributed by atoms with Crippen LogP contribution in [0.2, 0.25) is 10.0 Å². The summed E-state index contributed by atoms with van der Waals surface area (Å²) in [6, 6.07) is 16.4. The minimum atomic E-state index is -3.70. The number of carbonyl (C=O) groups is 1. The van der Waals surface area contributed by atoms with Gasteiger partial charge in [-0.25, -0.2) is 8.42 Å². The van der Waals surface area contributed by atoms with Crippen molar-refractivity contribution in [2.45, 2.75) is 18.2 Å². The summed E-state index contributed by atoms with van der Waals surface area (Å²) >= 11 is 11.8. The van der Waals surface area contributed by atoms with E-state index in [1.807, 2.05) is 6.92 Å². The number of nitrogens with zero attached hydrogens (tertiary/aromatic N) is 1. The monoisotopic (exact) mass is 460 g/mol. The first kappa shape index (κ1) is 20.7. The number of anilines is 2. The fraction of sp³-hybridized carbons (Fsp3) is 0.136. The van der Waals surface area contributed by atoms with Gasteiger partial charge in [-0.15, -0.1) is 0 Å². The van der Waals surface area contributed by atoms with Gasteiger partial charge in [0.05, 0.1) is 10.6 Å². The van der Waals surface area contributed by atoms with Gasteiger partial charge in [-0.05, 0) is 85.1 Å². The van der Waals surface area contributed by atoms with Gasteiger partial charge in [0.15, 0.2) is 0 Å².